The van der Waals surface area contributed by atoms with Crippen molar-refractivity contribution in [2.45, 2.75) is 57.8 Å². The molecule has 3 amide bonds. The van der Waals surface area contributed by atoms with Crippen molar-refractivity contribution in [3.05, 3.63) is 34.9 Å². The minimum Gasteiger partial charge on any atom is -0.350 e. The maximum atomic E-state index is 11.9. The van der Waals surface area contributed by atoms with Gasteiger partial charge < -0.3 is 21.3 Å². The van der Waals surface area contributed by atoms with Crippen LogP contribution < -0.4 is 21.3 Å². The molecule has 7 heteroatoms. The van der Waals surface area contributed by atoms with Crippen LogP contribution in [0.3, 0.4) is 0 Å². The monoisotopic (exact) mass is 366 g/mol. The summed E-state index contributed by atoms with van der Waals surface area (Å²) in [6, 6.07) is 6.27. The number of nitrogens with one attached hydrogen (secondary N) is 4. The van der Waals surface area contributed by atoms with Crippen molar-refractivity contribution in [1.82, 2.24) is 21.3 Å². The molecule has 0 atom stereocenters. The standard InChI is InChI=1S/C18H26N4O2.ClH/c23-17(12-21-18(24)22-16-4-2-1-3-5-16)20-9-13-6-7-14-10-19-11-15(14)8-13;/h6-8,16,19H,1-5,9-12H2,(H,20,23)(H2,21,22,24);1H. The lowest BCUT2D eigenvalue weighted by atomic mass is 9.96. The van der Waals surface area contributed by atoms with Crippen LogP contribution in [0.2, 0.25) is 0 Å². The van der Waals surface area contributed by atoms with Crippen LogP contribution in [0.25, 0.3) is 0 Å². The summed E-state index contributed by atoms with van der Waals surface area (Å²) >= 11 is 0. The van der Waals surface area contributed by atoms with Gasteiger partial charge in [-0.15, -0.1) is 12.4 Å². The molecule has 1 heterocycles. The van der Waals surface area contributed by atoms with Crippen LogP contribution in [0, 0.1) is 0 Å². The molecule has 2 aliphatic rings. The van der Waals surface area contributed by atoms with Crippen molar-refractivity contribution in [3.8, 4) is 0 Å². The zero-order valence-corrected chi connectivity index (χ0v) is 15.2. The zero-order chi connectivity index (χ0) is 16.8. The summed E-state index contributed by atoms with van der Waals surface area (Å²) in [4.78, 5) is 23.7. The number of rotatable bonds is 5. The van der Waals surface area contributed by atoms with Gasteiger partial charge in [-0.05, 0) is 29.5 Å². The molecule has 1 aromatic carbocycles. The molecule has 1 fully saturated rings. The number of halogens is 1. The number of hydrogen-bond donors (Lipinski definition) is 4. The van der Waals surface area contributed by atoms with Crippen molar-refractivity contribution in [3.63, 3.8) is 0 Å². The molecular formula is C18H27ClN4O2. The Bertz CT molecular complexity index is 603. The van der Waals surface area contributed by atoms with Gasteiger partial charge in [-0.3, -0.25) is 4.79 Å². The first-order valence-corrected chi connectivity index (χ1v) is 8.83. The van der Waals surface area contributed by atoms with Crippen LogP contribution >= 0.6 is 12.4 Å². The predicted octanol–water partition coefficient (Wildman–Crippen LogP) is 1.96. The Morgan fingerprint density at radius 1 is 1.04 bits per heavy atom. The molecule has 1 saturated carbocycles. The second-order valence-electron chi connectivity index (χ2n) is 6.65. The number of benzene rings is 1. The van der Waals surface area contributed by atoms with E-state index in [9.17, 15) is 9.59 Å². The molecule has 0 bridgehead atoms. The molecule has 6 nitrogen and oxygen atoms in total. The summed E-state index contributed by atoms with van der Waals surface area (Å²) in [6.07, 6.45) is 5.66. The highest BCUT2D eigenvalue weighted by atomic mass is 35.5. The Labute approximate surface area is 154 Å². The van der Waals surface area contributed by atoms with E-state index in [0.29, 0.717) is 6.54 Å². The average Bonchev–Trinajstić information content (AvgIpc) is 3.07. The second-order valence-corrected chi connectivity index (χ2v) is 6.65. The first-order chi connectivity index (χ1) is 11.7. The number of amides is 3. The highest BCUT2D eigenvalue weighted by molar-refractivity contribution is 5.85. The van der Waals surface area contributed by atoms with Crippen LogP contribution in [0.5, 0.6) is 0 Å². The van der Waals surface area contributed by atoms with Crippen LogP contribution in [0.1, 0.15) is 48.8 Å². The van der Waals surface area contributed by atoms with E-state index in [1.54, 1.807) is 0 Å². The summed E-state index contributed by atoms with van der Waals surface area (Å²) < 4.78 is 0. The van der Waals surface area contributed by atoms with E-state index in [2.05, 4.69) is 33.4 Å². The van der Waals surface area contributed by atoms with Crippen molar-refractivity contribution in [2.75, 3.05) is 6.54 Å². The summed E-state index contributed by atoms with van der Waals surface area (Å²) in [6.45, 7) is 2.30. The highest BCUT2D eigenvalue weighted by Gasteiger charge is 2.16. The van der Waals surface area contributed by atoms with Gasteiger partial charge in [0.05, 0.1) is 6.54 Å². The van der Waals surface area contributed by atoms with E-state index in [1.165, 1.54) is 30.4 Å². The molecule has 138 valence electrons. The third-order valence-corrected chi connectivity index (χ3v) is 4.74. The minimum absolute atomic E-state index is 0. The maximum Gasteiger partial charge on any atom is 0.315 e. The van der Waals surface area contributed by atoms with Crippen LogP contribution in [0.15, 0.2) is 18.2 Å². The fourth-order valence-corrected chi connectivity index (χ4v) is 3.37. The van der Waals surface area contributed by atoms with Crippen LogP contribution in [-0.2, 0) is 24.4 Å². The van der Waals surface area contributed by atoms with Crippen molar-refractivity contribution in [2.24, 2.45) is 0 Å². The van der Waals surface area contributed by atoms with Crippen LogP contribution in [-0.4, -0.2) is 24.5 Å². The fraction of sp³-hybridized carbons (Fsp3) is 0.556. The van der Waals surface area contributed by atoms with E-state index in [0.717, 1.165) is 31.5 Å². The molecule has 1 aromatic rings. The Morgan fingerprint density at radius 3 is 2.60 bits per heavy atom. The number of carbonyl (C=O) groups excluding carboxylic acids is 2. The Balaban J connectivity index is 0.00000225. The molecule has 0 spiro atoms. The third-order valence-electron chi connectivity index (χ3n) is 4.74. The molecule has 1 aliphatic heterocycles. The van der Waals surface area contributed by atoms with E-state index in [-0.39, 0.29) is 36.9 Å². The van der Waals surface area contributed by atoms with E-state index >= 15 is 0 Å². The summed E-state index contributed by atoms with van der Waals surface area (Å²) in [5.41, 5.74) is 3.70. The number of urea groups is 1. The highest BCUT2D eigenvalue weighted by Crippen LogP contribution is 2.17. The fourth-order valence-electron chi connectivity index (χ4n) is 3.37. The molecule has 1 aliphatic carbocycles. The van der Waals surface area contributed by atoms with E-state index in [4.69, 9.17) is 0 Å². The number of fused-ring (bicyclic) bond motifs is 1. The Hall–Kier alpha value is -1.79. The maximum absolute atomic E-state index is 11.9. The SMILES string of the molecule is Cl.O=C(CNC(=O)NC1CCCCC1)NCc1ccc2c(c1)CNC2. The molecule has 4 N–H and O–H groups in total. The van der Waals surface area contributed by atoms with Crippen LogP contribution in [0.4, 0.5) is 4.79 Å². The largest absolute Gasteiger partial charge is 0.350 e. The third kappa shape index (κ3) is 5.90. The summed E-state index contributed by atoms with van der Waals surface area (Å²) in [5.74, 6) is -0.174. The summed E-state index contributed by atoms with van der Waals surface area (Å²) in [5, 5.41) is 11.7. The second kappa shape index (κ2) is 9.63. The number of hydrogen-bond acceptors (Lipinski definition) is 3. The average molecular weight is 367 g/mol. The van der Waals surface area contributed by atoms with E-state index < -0.39 is 0 Å². The predicted molar refractivity (Wildman–Crippen MR) is 99.5 cm³/mol. The zero-order valence-electron chi connectivity index (χ0n) is 14.4. The van der Waals surface area contributed by atoms with Gasteiger partial charge in [0.15, 0.2) is 0 Å². The quantitative estimate of drug-likeness (QED) is 0.643. The molecule has 3 rings (SSSR count). The lowest BCUT2D eigenvalue weighted by Gasteiger charge is -2.22. The summed E-state index contributed by atoms with van der Waals surface area (Å²) in [7, 11) is 0. The molecular weight excluding hydrogens is 340 g/mol. The van der Waals surface area contributed by atoms with Crippen molar-refractivity contribution >= 4 is 24.3 Å². The van der Waals surface area contributed by atoms with Gasteiger partial charge in [0, 0.05) is 25.7 Å². The first kappa shape index (κ1) is 19.5. The topological polar surface area (TPSA) is 82.3 Å². The Kier molecular flexibility index (Phi) is 7.52. The van der Waals surface area contributed by atoms with Gasteiger partial charge in [-0.1, -0.05) is 37.5 Å². The van der Waals surface area contributed by atoms with Crippen molar-refractivity contribution < 1.29 is 9.59 Å². The number of carbonyl (C=O) groups is 2. The smallest absolute Gasteiger partial charge is 0.315 e. The van der Waals surface area contributed by atoms with Gasteiger partial charge in [0.1, 0.15) is 0 Å². The lowest BCUT2D eigenvalue weighted by Crippen LogP contribution is -2.46. The van der Waals surface area contributed by atoms with Gasteiger partial charge in [-0.2, -0.15) is 0 Å². The first-order valence-electron chi connectivity index (χ1n) is 8.83. The van der Waals surface area contributed by atoms with Gasteiger partial charge in [-0.25, -0.2) is 4.79 Å². The normalized spacial score (nSPS) is 16.5. The van der Waals surface area contributed by atoms with Gasteiger partial charge in [0.25, 0.3) is 0 Å². The molecule has 0 aromatic heterocycles. The Morgan fingerprint density at radius 2 is 1.80 bits per heavy atom. The molecule has 0 unspecified atom stereocenters. The molecule has 25 heavy (non-hydrogen) atoms. The molecule has 0 radical (unpaired) electrons. The van der Waals surface area contributed by atoms with Gasteiger partial charge in [0.2, 0.25) is 5.91 Å². The van der Waals surface area contributed by atoms with Gasteiger partial charge >= 0.3 is 6.03 Å². The minimum atomic E-state index is -0.249. The molecule has 0 saturated heterocycles. The van der Waals surface area contributed by atoms with Crippen molar-refractivity contribution in [1.29, 1.82) is 0 Å². The van der Waals surface area contributed by atoms with E-state index in [1.807, 2.05) is 6.07 Å². The lowest BCUT2D eigenvalue weighted by molar-refractivity contribution is -0.120.